The van der Waals surface area contributed by atoms with E-state index < -0.39 is 21.7 Å². The van der Waals surface area contributed by atoms with E-state index in [9.17, 15) is 18.0 Å². The van der Waals surface area contributed by atoms with Gasteiger partial charge in [0.25, 0.3) is 11.4 Å². The summed E-state index contributed by atoms with van der Waals surface area (Å²) in [7, 11) is 0. The van der Waals surface area contributed by atoms with Crippen molar-refractivity contribution in [2.45, 2.75) is 42.5 Å². The number of rotatable bonds is 2. The quantitative estimate of drug-likeness (QED) is 0.302. The summed E-state index contributed by atoms with van der Waals surface area (Å²) in [6, 6.07) is 6.56. The van der Waals surface area contributed by atoms with Crippen LogP contribution in [0, 0.1) is 23.7 Å². The molecule has 2 atom stereocenters. The van der Waals surface area contributed by atoms with E-state index in [-0.39, 0.29) is 11.8 Å². The highest BCUT2D eigenvalue weighted by molar-refractivity contribution is 14.1. The van der Waals surface area contributed by atoms with E-state index in [1.54, 1.807) is 24.3 Å². The van der Waals surface area contributed by atoms with E-state index >= 15 is 0 Å². The number of carbonyl (C=O) groups excluding carboxylic acids is 1. The van der Waals surface area contributed by atoms with Gasteiger partial charge in [0.1, 0.15) is 0 Å². The molecule has 1 N–H and O–H groups in total. The van der Waals surface area contributed by atoms with Crippen LogP contribution in [-0.4, -0.2) is 21.7 Å². The molecule has 0 bridgehead atoms. The Morgan fingerprint density at radius 3 is 2.52 bits per heavy atom. The Hall–Kier alpha value is -1.43. The molecule has 25 heavy (non-hydrogen) atoms. The Kier molecular flexibility index (Phi) is 4.69. The number of hydrogen-bond donors (Lipinski definition) is 1. The Morgan fingerprint density at radius 2 is 1.96 bits per heavy atom. The summed E-state index contributed by atoms with van der Waals surface area (Å²) in [5, 5.41) is 2.42. The third-order valence-corrected chi connectivity index (χ3v) is 6.34. The minimum atomic E-state index is -4.83. The van der Waals surface area contributed by atoms with Gasteiger partial charge in [0.2, 0.25) is 0 Å². The minimum Gasteiger partial charge on any atom is -0.326 e. The summed E-state index contributed by atoms with van der Waals surface area (Å²) in [5.41, 5.74) is -2.15. The van der Waals surface area contributed by atoms with Gasteiger partial charge in [-0.25, -0.2) is 0 Å². The maximum Gasteiger partial charge on any atom is 0.432 e. The first-order valence-electron chi connectivity index (χ1n) is 8.12. The molecule has 1 saturated carbocycles. The topological polar surface area (TPSA) is 32.3 Å². The fourth-order valence-electron chi connectivity index (χ4n) is 2.80. The largest absolute Gasteiger partial charge is 0.432 e. The van der Waals surface area contributed by atoms with Crippen molar-refractivity contribution < 1.29 is 18.0 Å². The zero-order valence-corrected chi connectivity index (χ0v) is 16.0. The fraction of sp³-hybridized carbons (Fsp3) is 0.500. The molecule has 0 spiro atoms. The zero-order valence-electron chi connectivity index (χ0n) is 13.8. The molecule has 0 aromatic heterocycles. The van der Waals surface area contributed by atoms with Gasteiger partial charge >= 0.3 is 6.18 Å². The van der Waals surface area contributed by atoms with Crippen LogP contribution in [0.4, 0.5) is 24.5 Å². The molecule has 1 fully saturated rings. The third-order valence-electron chi connectivity index (χ3n) is 4.34. The van der Waals surface area contributed by atoms with E-state index in [0.29, 0.717) is 11.4 Å². The number of fused-ring (bicyclic) bond motifs is 1. The van der Waals surface area contributed by atoms with Crippen LogP contribution < -0.4 is 10.2 Å². The predicted molar refractivity (Wildman–Crippen MR) is 99.5 cm³/mol. The molecule has 1 aromatic rings. The molecule has 0 saturated heterocycles. The number of hydrogen-bond acceptors (Lipinski definition) is 2. The van der Waals surface area contributed by atoms with Gasteiger partial charge in [-0.05, 0) is 30.9 Å². The van der Waals surface area contributed by atoms with Crippen molar-refractivity contribution in [3.8, 4) is 11.8 Å². The number of halogens is 4. The number of benzene rings is 1. The number of amides is 1. The van der Waals surface area contributed by atoms with Crippen LogP contribution in [0.5, 0.6) is 0 Å². The van der Waals surface area contributed by atoms with Gasteiger partial charge in [-0.2, -0.15) is 13.2 Å². The van der Waals surface area contributed by atoms with Gasteiger partial charge in [-0.3, -0.25) is 4.79 Å². The summed E-state index contributed by atoms with van der Waals surface area (Å²) in [6.07, 6.45) is -3.25. The molecule has 3 nitrogen and oxygen atoms in total. The Labute approximate surface area is 158 Å². The molecule has 1 amide bonds. The first kappa shape index (κ1) is 18.4. The standard InChI is InChI=1S/C18H18F3IN2O/c1-11(2)15(22)24-14-6-4-3-5-13(14)23-16(25)17(24,18(19,20)21)10-9-12-7-8-12/h3-6,11-12,15H,7-8H2,1-2H3,(H,23,25). The molecular weight excluding hydrogens is 444 g/mol. The van der Waals surface area contributed by atoms with Crippen molar-refractivity contribution in [1.29, 1.82) is 0 Å². The van der Waals surface area contributed by atoms with Gasteiger partial charge in [0, 0.05) is 5.92 Å². The molecule has 0 radical (unpaired) electrons. The lowest BCUT2D eigenvalue weighted by Crippen LogP contribution is -2.69. The highest BCUT2D eigenvalue weighted by Gasteiger charge is 2.67. The predicted octanol–water partition coefficient (Wildman–Crippen LogP) is 4.58. The molecule has 1 aliphatic carbocycles. The molecular formula is C18H18F3IN2O. The second kappa shape index (κ2) is 6.38. The SMILES string of the molecule is CC(C)C(I)N1c2ccccc2NC(=O)C1(C#CC1CC1)C(F)(F)F. The number of nitrogens with zero attached hydrogens (tertiary/aromatic N) is 1. The van der Waals surface area contributed by atoms with Crippen LogP contribution in [0.1, 0.15) is 26.7 Å². The van der Waals surface area contributed by atoms with E-state index in [0.717, 1.165) is 17.7 Å². The number of nitrogens with one attached hydrogen (secondary N) is 1. The first-order chi connectivity index (χ1) is 11.7. The lowest BCUT2D eigenvalue weighted by molar-refractivity contribution is -0.177. The monoisotopic (exact) mass is 462 g/mol. The van der Waals surface area contributed by atoms with E-state index in [1.165, 1.54) is 0 Å². The van der Waals surface area contributed by atoms with Crippen molar-refractivity contribution in [2.24, 2.45) is 11.8 Å². The second-order valence-corrected chi connectivity index (χ2v) is 7.99. The summed E-state index contributed by atoms with van der Waals surface area (Å²) in [4.78, 5) is 13.9. The lowest BCUT2D eigenvalue weighted by Gasteiger charge is -2.48. The van der Waals surface area contributed by atoms with Gasteiger partial charge in [-0.15, -0.1) is 0 Å². The third kappa shape index (κ3) is 3.09. The van der Waals surface area contributed by atoms with Gasteiger partial charge in [0.15, 0.2) is 0 Å². The van der Waals surface area contributed by atoms with Gasteiger partial charge in [0.05, 0.1) is 15.4 Å². The Bertz CT molecular complexity index is 749. The number of alkyl halides is 4. The van der Waals surface area contributed by atoms with E-state index in [4.69, 9.17) is 0 Å². The first-order valence-corrected chi connectivity index (χ1v) is 9.36. The minimum absolute atomic E-state index is 0.0437. The maximum atomic E-state index is 14.3. The average molecular weight is 462 g/mol. The number of para-hydroxylation sites is 2. The highest BCUT2D eigenvalue weighted by atomic mass is 127. The number of anilines is 2. The summed E-state index contributed by atoms with van der Waals surface area (Å²) < 4.78 is 42.3. The number of carbonyl (C=O) groups is 1. The van der Waals surface area contributed by atoms with Crippen LogP contribution in [-0.2, 0) is 4.79 Å². The Morgan fingerprint density at radius 1 is 1.32 bits per heavy atom. The maximum absolute atomic E-state index is 14.3. The fourth-order valence-corrected chi connectivity index (χ4v) is 3.51. The molecule has 7 heteroatoms. The van der Waals surface area contributed by atoms with Gasteiger partial charge < -0.3 is 10.2 Å². The van der Waals surface area contributed by atoms with Crippen molar-refractivity contribution in [2.75, 3.05) is 10.2 Å². The van der Waals surface area contributed by atoms with Crippen LogP contribution in [0.2, 0.25) is 0 Å². The smallest absolute Gasteiger partial charge is 0.326 e. The van der Waals surface area contributed by atoms with Crippen LogP contribution in [0.25, 0.3) is 0 Å². The summed E-state index contributed by atoms with van der Waals surface area (Å²) >= 11 is 1.97. The highest BCUT2D eigenvalue weighted by Crippen LogP contribution is 2.48. The summed E-state index contributed by atoms with van der Waals surface area (Å²) in [5.74, 6) is 3.75. The van der Waals surface area contributed by atoms with Crippen molar-refractivity contribution in [1.82, 2.24) is 0 Å². The molecule has 1 aromatic carbocycles. The normalized spacial score (nSPS) is 24.3. The molecule has 134 valence electrons. The molecule has 2 unspecified atom stereocenters. The van der Waals surface area contributed by atoms with Crippen LogP contribution in [0.3, 0.4) is 0 Å². The second-order valence-electron chi connectivity index (χ2n) is 6.71. The van der Waals surface area contributed by atoms with Gasteiger partial charge in [-0.1, -0.05) is 60.4 Å². The van der Waals surface area contributed by atoms with Crippen molar-refractivity contribution in [3.05, 3.63) is 24.3 Å². The lowest BCUT2D eigenvalue weighted by atomic mass is 9.90. The van der Waals surface area contributed by atoms with Crippen LogP contribution >= 0.6 is 22.6 Å². The average Bonchev–Trinajstić information content (AvgIpc) is 3.34. The molecule has 1 aliphatic heterocycles. The summed E-state index contributed by atoms with van der Waals surface area (Å²) in [6.45, 7) is 3.67. The van der Waals surface area contributed by atoms with Crippen LogP contribution in [0.15, 0.2) is 24.3 Å². The molecule has 1 heterocycles. The molecule has 3 rings (SSSR count). The van der Waals surface area contributed by atoms with E-state index in [2.05, 4.69) is 17.2 Å². The van der Waals surface area contributed by atoms with Crippen molar-refractivity contribution in [3.63, 3.8) is 0 Å². The van der Waals surface area contributed by atoms with E-state index in [1.807, 2.05) is 36.4 Å². The zero-order chi connectivity index (χ0) is 18.4. The van der Waals surface area contributed by atoms with Crippen molar-refractivity contribution >= 4 is 39.9 Å². The molecule has 2 aliphatic rings. The Balaban J connectivity index is 2.26.